The molecule has 15 nitrogen and oxygen atoms in total. The summed E-state index contributed by atoms with van der Waals surface area (Å²) in [5, 5.41) is 6.89. The number of nitrogens with zero attached hydrogens (tertiary/aromatic N) is 4. The van der Waals surface area contributed by atoms with E-state index in [1.54, 1.807) is 16.0 Å². The van der Waals surface area contributed by atoms with Crippen LogP contribution in [0.4, 0.5) is 9.59 Å². The Morgan fingerprint density at radius 2 is 1.80 bits per heavy atom. The van der Waals surface area contributed by atoms with Gasteiger partial charge in [0.15, 0.2) is 0 Å². The number of likely N-dealkylation sites (tertiary alicyclic amines) is 1. The van der Waals surface area contributed by atoms with E-state index >= 15 is 0 Å². The topological polar surface area (TPSA) is 184 Å². The fourth-order valence-electron chi connectivity index (χ4n) is 7.47. The van der Waals surface area contributed by atoms with Gasteiger partial charge in [0.05, 0.1) is 49.7 Å². The molecule has 2 aliphatic rings. The molecule has 4 amide bonds. The predicted octanol–water partition coefficient (Wildman–Crippen LogP) is 5.56. The number of aromatic nitrogens is 4. The summed E-state index contributed by atoms with van der Waals surface area (Å²) < 4.78 is 15.6. The maximum atomic E-state index is 13.2. The molecule has 282 valence electrons. The van der Waals surface area contributed by atoms with Crippen molar-refractivity contribution in [3.63, 3.8) is 0 Å². The van der Waals surface area contributed by atoms with Crippen molar-refractivity contribution in [3.8, 4) is 28.1 Å². The third kappa shape index (κ3) is 7.00. The number of hydrogen-bond donors (Lipinski definition) is 4. The van der Waals surface area contributed by atoms with Crippen LogP contribution < -0.4 is 15.4 Å². The van der Waals surface area contributed by atoms with Crippen molar-refractivity contribution in [3.05, 3.63) is 65.9 Å². The molecule has 7 rings (SSSR count). The third-order valence-electron chi connectivity index (χ3n) is 10.3. The van der Waals surface area contributed by atoms with Crippen molar-refractivity contribution in [2.24, 2.45) is 0 Å². The van der Waals surface area contributed by atoms with E-state index in [1.165, 1.54) is 14.2 Å². The first kappa shape index (κ1) is 36.2. The normalized spacial score (nSPS) is 16.4. The number of carbonyl (C=O) groups is 4. The van der Waals surface area contributed by atoms with Gasteiger partial charge in [-0.05, 0) is 73.0 Å². The van der Waals surface area contributed by atoms with Gasteiger partial charge in [0.2, 0.25) is 11.8 Å². The number of amides is 4. The molecule has 0 spiro atoms. The Balaban J connectivity index is 1.11. The molecule has 54 heavy (non-hydrogen) atoms. The number of hydrogen-bond acceptors (Lipinski definition) is 9. The van der Waals surface area contributed by atoms with Crippen LogP contribution in [0.2, 0.25) is 0 Å². The number of ether oxygens (including phenoxy) is 3. The molecule has 3 atom stereocenters. The summed E-state index contributed by atoms with van der Waals surface area (Å²) in [6, 6.07) is 14.2. The van der Waals surface area contributed by atoms with Crippen molar-refractivity contribution in [2.75, 3.05) is 27.3 Å². The number of H-pyrrole nitrogens is 2. The number of aromatic amines is 2. The van der Waals surface area contributed by atoms with Gasteiger partial charge in [-0.25, -0.2) is 19.6 Å². The summed E-state index contributed by atoms with van der Waals surface area (Å²) in [4.78, 5) is 69.0. The zero-order chi connectivity index (χ0) is 38.1. The Labute approximate surface area is 311 Å². The minimum atomic E-state index is -0.655. The molecule has 4 N–H and O–H groups in total. The molecule has 2 aliphatic heterocycles. The summed E-state index contributed by atoms with van der Waals surface area (Å²) in [6.07, 6.45) is 2.95. The third-order valence-corrected chi connectivity index (χ3v) is 10.3. The SMILES string of the molecule is CCC[C@H](C)N(Cc1nc2c(ccc3cc4c(cc32)OCc2cc(-c3cnc(C5C[C@H](C)N5C(=O)CNC(=O)OC)[nH]3)ccc2-4)[nH]1)C(=O)CNC(=O)OC. The van der Waals surface area contributed by atoms with E-state index in [-0.39, 0.29) is 49.6 Å². The molecule has 1 unspecified atom stereocenters. The van der Waals surface area contributed by atoms with Crippen LogP contribution in [0.5, 0.6) is 5.75 Å². The number of nitrogens with one attached hydrogen (secondary N) is 4. The summed E-state index contributed by atoms with van der Waals surface area (Å²) in [5.74, 6) is 1.68. The first-order valence-corrected chi connectivity index (χ1v) is 18.1. The van der Waals surface area contributed by atoms with Crippen LogP contribution in [0.25, 0.3) is 44.2 Å². The fraction of sp³-hybridized carbons (Fsp3) is 0.385. The largest absolute Gasteiger partial charge is 0.488 e. The Kier molecular flexibility index (Phi) is 10.1. The lowest BCUT2D eigenvalue weighted by molar-refractivity contribution is -0.143. The second kappa shape index (κ2) is 15.1. The smallest absolute Gasteiger partial charge is 0.407 e. The molecular formula is C39H44N8O7. The molecule has 0 bridgehead atoms. The highest BCUT2D eigenvalue weighted by molar-refractivity contribution is 6.07. The van der Waals surface area contributed by atoms with Gasteiger partial charge < -0.3 is 44.6 Å². The van der Waals surface area contributed by atoms with E-state index in [1.807, 2.05) is 26.0 Å². The van der Waals surface area contributed by atoms with Crippen molar-refractivity contribution in [1.29, 1.82) is 0 Å². The molecular weight excluding hydrogens is 692 g/mol. The highest BCUT2D eigenvalue weighted by Gasteiger charge is 2.41. The predicted molar refractivity (Wildman–Crippen MR) is 200 cm³/mol. The van der Waals surface area contributed by atoms with Gasteiger partial charge in [-0.3, -0.25) is 9.59 Å². The van der Waals surface area contributed by atoms with Crippen LogP contribution >= 0.6 is 0 Å². The lowest BCUT2D eigenvalue weighted by Crippen LogP contribution is -2.54. The van der Waals surface area contributed by atoms with Gasteiger partial charge in [-0.15, -0.1) is 0 Å². The average molecular weight is 737 g/mol. The number of benzene rings is 3. The van der Waals surface area contributed by atoms with Crippen molar-refractivity contribution >= 4 is 45.8 Å². The maximum absolute atomic E-state index is 13.2. The Hall–Kier alpha value is -6.12. The number of imidazole rings is 2. The van der Waals surface area contributed by atoms with Crippen molar-refractivity contribution in [1.82, 2.24) is 40.4 Å². The van der Waals surface area contributed by atoms with E-state index in [4.69, 9.17) is 9.72 Å². The van der Waals surface area contributed by atoms with Gasteiger partial charge in [0, 0.05) is 23.0 Å². The number of carbonyl (C=O) groups excluding carboxylic acids is 4. The molecule has 0 radical (unpaired) electrons. The number of methoxy groups -OCH3 is 2. The second-order valence-electron chi connectivity index (χ2n) is 13.8. The maximum Gasteiger partial charge on any atom is 0.407 e. The standard InChI is InChI=1S/C39H44N8O7/c1-6-7-21(2)46(34(48)17-41-38(50)52-4)19-33-43-29-11-9-23-14-28-26-10-8-24(13-25(26)20-54-32(28)15-27(23)36(29)45-33)30-16-40-37(44-30)31-12-22(3)47(31)35(49)18-42-39(51)53-5/h8-11,13-16,21-22,31H,6-7,12,17-20H2,1-5H3,(H,40,44)(H,41,50)(H,42,51)(H,43,45)/t21-,22-,31?/m0/s1. The summed E-state index contributed by atoms with van der Waals surface area (Å²) >= 11 is 0. The van der Waals surface area contributed by atoms with Crippen molar-refractivity contribution < 1.29 is 33.4 Å². The number of alkyl carbamates (subject to hydrolysis) is 2. The molecule has 0 aliphatic carbocycles. The minimum Gasteiger partial charge on any atom is -0.488 e. The monoisotopic (exact) mass is 736 g/mol. The lowest BCUT2D eigenvalue weighted by atomic mass is 9.92. The number of rotatable bonds is 11. The number of fused-ring (bicyclic) bond motifs is 6. The van der Waals surface area contributed by atoms with Crippen LogP contribution in [-0.4, -0.2) is 93.1 Å². The second-order valence-corrected chi connectivity index (χ2v) is 13.8. The zero-order valence-corrected chi connectivity index (χ0v) is 30.9. The van der Waals surface area contributed by atoms with E-state index in [2.05, 4.69) is 72.3 Å². The zero-order valence-electron chi connectivity index (χ0n) is 30.9. The van der Waals surface area contributed by atoms with Gasteiger partial charge in [-0.2, -0.15) is 0 Å². The van der Waals surface area contributed by atoms with Crippen LogP contribution in [-0.2, 0) is 32.2 Å². The lowest BCUT2D eigenvalue weighted by Gasteiger charge is -2.46. The molecule has 2 aromatic heterocycles. The highest BCUT2D eigenvalue weighted by Crippen LogP contribution is 2.43. The van der Waals surface area contributed by atoms with Crippen LogP contribution in [0, 0.1) is 0 Å². The van der Waals surface area contributed by atoms with Crippen molar-refractivity contribution in [2.45, 2.75) is 71.3 Å². The summed E-state index contributed by atoms with van der Waals surface area (Å²) in [6.45, 7) is 6.37. The first-order valence-electron chi connectivity index (χ1n) is 18.1. The van der Waals surface area contributed by atoms with E-state index in [0.29, 0.717) is 18.3 Å². The molecule has 5 aromatic rings. The van der Waals surface area contributed by atoms with Crippen LogP contribution in [0.1, 0.15) is 63.3 Å². The van der Waals surface area contributed by atoms with Crippen LogP contribution in [0.3, 0.4) is 0 Å². The Bertz CT molecular complexity index is 2250. The Morgan fingerprint density at radius 3 is 2.54 bits per heavy atom. The molecule has 1 fully saturated rings. The minimum absolute atomic E-state index is 0.0299. The van der Waals surface area contributed by atoms with Gasteiger partial charge in [0.25, 0.3) is 0 Å². The van der Waals surface area contributed by atoms with Gasteiger partial charge >= 0.3 is 12.2 Å². The molecule has 3 aromatic carbocycles. The molecule has 15 heteroatoms. The average Bonchev–Trinajstić information content (AvgIpc) is 3.83. The molecule has 0 saturated carbocycles. The fourth-order valence-corrected chi connectivity index (χ4v) is 7.47. The summed E-state index contributed by atoms with van der Waals surface area (Å²) in [5.41, 5.74) is 6.51. The Morgan fingerprint density at radius 1 is 1.02 bits per heavy atom. The first-order chi connectivity index (χ1) is 26.1. The van der Waals surface area contributed by atoms with E-state index < -0.39 is 12.2 Å². The molecule has 4 heterocycles. The van der Waals surface area contributed by atoms with E-state index in [9.17, 15) is 19.2 Å². The molecule has 1 saturated heterocycles. The van der Waals surface area contributed by atoms with Gasteiger partial charge in [0.1, 0.15) is 37.1 Å². The van der Waals surface area contributed by atoms with Crippen LogP contribution in [0.15, 0.2) is 48.7 Å². The van der Waals surface area contributed by atoms with Gasteiger partial charge in [-0.1, -0.05) is 31.5 Å². The van der Waals surface area contributed by atoms with E-state index in [0.717, 1.165) is 74.8 Å². The quantitative estimate of drug-likeness (QED) is 0.135. The highest BCUT2D eigenvalue weighted by atomic mass is 16.5. The summed E-state index contributed by atoms with van der Waals surface area (Å²) in [7, 11) is 2.52.